The van der Waals surface area contributed by atoms with Crippen LogP contribution >= 0.6 is 12.2 Å². The molecule has 1 atom stereocenters. The number of anilines is 1. The number of nitrogens with one attached hydrogen (secondary N) is 2. The maximum atomic E-state index is 12.8. The van der Waals surface area contributed by atoms with Gasteiger partial charge in [-0.3, -0.25) is 29.7 Å². The number of esters is 1. The van der Waals surface area contributed by atoms with Crippen molar-refractivity contribution in [3.63, 3.8) is 0 Å². The summed E-state index contributed by atoms with van der Waals surface area (Å²) < 4.78 is 4.93. The summed E-state index contributed by atoms with van der Waals surface area (Å²) in [6.45, 7) is 4.02. The van der Waals surface area contributed by atoms with Gasteiger partial charge in [0, 0.05) is 24.6 Å². The lowest BCUT2D eigenvalue weighted by atomic mass is 10.1. The second-order valence-electron chi connectivity index (χ2n) is 6.98. The van der Waals surface area contributed by atoms with E-state index < -0.39 is 23.8 Å². The summed E-state index contributed by atoms with van der Waals surface area (Å²) in [5.41, 5.74) is 3.69. The fourth-order valence-electron chi connectivity index (χ4n) is 3.21. The Balaban J connectivity index is 1.70. The molecule has 1 aromatic carbocycles. The van der Waals surface area contributed by atoms with E-state index in [1.165, 1.54) is 34.4 Å². The summed E-state index contributed by atoms with van der Waals surface area (Å²) in [4.78, 5) is 55.1. The highest BCUT2D eigenvalue weighted by atomic mass is 32.1. The van der Waals surface area contributed by atoms with Gasteiger partial charge in [0.2, 0.25) is 5.91 Å². The molecule has 1 aliphatic rings. The molecule has 2 aromatic rings. The highest BCUT2D eigenvalue weighted by molar-refractivity contribution is 7.80. The number of thiocarbonyl (C=S) groups is 1. The number of pyridine rings is 1. The zero-order chi connectivity index (χ0) is 24.0. The minimum Gasteiger partial charge on any atom is -0.462 e. The summed E-state index contributed by atoms with van der Waals surface area (Å²) in [6, 6.07) is 8.36. The van der Waals surface area contributed by atoms with Crippen molar-refractivity contribution in [1.29, 1.82) is 0 Å². The van der Waals surface area contributed by atoms with E-state index >= 15 is 0 Å². The standard InChI is InChI=1S/C22H23N5O5S/c1-3-26-20(30)17(27(22(26)33)25-19(29)15-6-5-11-23-13-15)12-18(28)24-16-9-7-14(8-10-16)21(31)32-4-2/h5-11,13,17H,3-4,12H2,1-2H3,(H,24,28)(H,25,29)/t17-/m1/s1. The Kier molecular flexibility index (Phi) is 7.67. The number of hydrogen-bond acceptors (Lipinski definition) is 7. The van der Waals surface area contributed by atoms with Crippen molar-refractivity contribution >= 4 is 46.7 Å². The van der Waals surface area contributed by atoms with Crippen LogP contribution in [0.4, 0.5) is 5.69 Å². The van der Waals surface area contributed by atoms with Gasteiger partial charge in [-0.2, -0.15) is 0 Å². The van der Waals surface area contributed by atoms with E-state index in [-0.39, 0.29) is 29.6 Å². The molecule has 33 heavy (non-hydrogen) atoms. The molecule has 0 spiro atoms. The molecule has 2 heterocycles. The molecule has 0 aliphatic carbocycles. The average molecular weight is 470 g/mol. The maximum Gasteiger partial charge on any atom is 0.338 e. The van der Waals surface area contributed by atoms with Gasteiger partial charge in [0.15, 0.2) is 5.11 Å². The second-order valence-corrected chi connectivity index (χ2v) is 7.35. The lowest BCUT2D eigenvalue weighted by Crippen LogP contribution is -2.49. The lowest BCUT2D eigenvalue weighted by Gasteiger charge is -2.24. The number of ether oxygens (including phenoxy) is 1. The largest absolute Gasteiger partial charge is 0.462 e. The van der Waals surface area contributed by atoms with Gasteiger partial charge in [-0.05, 0) is 62.5 Å². The third-order valence-electron chi connectivity index (χ3n) is 4.82. The molecule has 1 fully saturated rings. The van der Waals surface area contributed by atoms with Gasteiger partial charge < -0.3 is 10.1 Å². The predicted molar refractivity (Wildman–Crippen MR) is 123 cm³/mol. The molecule has 3 rings (SSSR count). The first kappa shape index (κ1) is 23.8. The third-order valence-corrected chi connectivity index (χ3v) is 5.24. The molecular formula is C22H23N5O5S. The second kappa shape index (κ2) is 10.6. The van der Waals surface area contributed by atoms with Gasteiger partial charge in [-0.25, -0.2) is 9.80 Å². The van der Waals surface area contributed by atoms with Crippen molar-refractivity contribution in [2.75, 3.05) is 18.5 Å². The van der Waals surface area contributed by atoms with Crippen LogP contribution in [-0.4, -0.2) is 62.9 Å². The van der Waals surface area contributed by atoms with Gasteiger partial charge in [0.1, 0.15) is 6.04 Å². The first-order valence-corrected chi connectivity index (χ1v) is 10.7. The predicted octanol–water partition coefficient (Wildman–Crippen LogP) is 1.75. The Bertz CT molecular complexity index is 1060. The molecule has 0 unspecified atom stereocenters. The Morgan fingerprint density at radius 2 is 1.85 bits per heavy atom. The number of likely N-dealkylation sites (N-methyl/N-ethyl adjacent to an activating group) is 1. The van der Waals surface area contributed by atoms with E-state index in [4.69, 9.17) is 17.0 Å². The lowest BCUT2D eigenvalue weighted by molar-refractivity contribution is -0.130. The van der Waals surface area contributed by atoms with E-state index in [1.807, 2.05) is 0 Å². The Labute approximate surface area is 195 Å². The van der Waals surface area contributed by atoms with Crippen LogP contribution in [-0.2, 0) is 14.3 Å². The topological polar surface area (TPSA) is 121 Å². The molecule has 172 valence electrons. The van der Waals surface area contributed by atoms with Crippen molar-refractivity contribution in [2.24, 2.45) is 0 Å². The summed E-state index contributed by atoms with van der Waals surface area (Å²) in [5, 5.41) is 4.03. The van der Waals surface area contributed by atoms with Crippen LogP contribution in [0.1, 0.15) is 41.0 Å². The van der Waals surface area contributed by atoms with E-state index in [9.17, 15) is 19.2 Å². The summed E-state index contributed by atoms with van der Waals surface area (Å²) in [7, 11) is 0. The first-order chi connectivity index (χ1) is 15.8. The number of amides is 3. The van der Waals surface area contributed by atoms with E-state index in [0.717, 1.165) is 0 Å². The number of carbonyl (C=O) groups is 4. The zero-order valence-corrected chi connectivity index (χ0v) is 18.9. The van der Waals surface area contributed by atoms with E-state index in [2.05, 4.69) is 15.7 Å². The highest BCUT2D eigenvalue weighted by Crippen LogP contribution is 2.20. The normalized spacial score (nSPS) is 15.4. The van der Waals surface area contributed by atoms with Crippen molar-refractivity contribution in [1.82, 2.24) is 20.3 Å². The third kappa shape index (κ3) is 5.50. The Morgan fingerprint density at radius 3 is 2.45 bits per heavy atom. The van der Waals surface area contributed by atoms with Crippen LogP contribution in [0.15, 0.2) is 48.8 Å². The monoisotopic (exact) mass is 469 g/mol. The Morgan fingerprint density at radius 1 is 1.12 bits per heavy atom. The maximum absolute atomic E-state index is 12.8. The minimum atomic E-state index is -1.00. The number of rotatable bonds is 8. The van der Waals surface area contributed by atoms with E-state index in [0.29, 0.717) is 17.8 Å². The fraction of sp³-hybridized carbons (Fsp3) is 0.273. The van der Waals surface area contributed by atoms with Crippen molar-refractivity contribution in [3.05, 3.63) is 59.9 Å². The van der Waals surface area contributed by atoms with Gasteiger partial charge in [-0.15, -0.1) is 0 Å². The van der Waals surface area contributed by atoms with Crippen LogP contribution < -0.4 is 10.7 Å². The van der Waals surface area contributed by atoms with Crippen molar-refractivity contribution in [3.8, 4) is 0 Å². The molecule has 10 nitrogen and oxygen atoms in total. The number of benzene rings is 1. The summed E-state index contributed by atoms with van der Waals surface area (Å²) in [5.74, 6) is -1.81. The number of nitrogens with zero attached hydrogens (tertiary/aromatic N) is 3. The van der Waals surface area contributed by atoms with Crippen LogP contribution in [0.5, 0.6) is 0 Å². The van der Waals surface area contributed by atoms with Crippen LogP contribution in [0, 0.1) is 0 Å². The highest BCUT2D eigenvalue weighted by Gasteiger charge is 2.43. The molecule has 1 saturated heterocycles. The van der Waals surface area contributed by atoms with Crippen LogP contribution in [0.2, 0.25) is 0 Å². The van der Waals surface area contributed by atoms with Gasteiger partial charge in [0.05, 0.1) is 24.2 Å². The average Bonchev–Trinajstić information content (AvgIpc) is 3.03. The smallest absolute Gasteiger partial charge is 0.338 e. The molecule has 1 aromatic heterocycles. The fourth-order valence-corrected chi connectivity index (χ4v) is 3.60. The van der Waals surface area contributed by atoms with Gasteiger partial charge in [-0.1, -0.05) is 0 Å². The molecule has 0 saturated carbocycles. The van der Waals surface area contributed by atoms with Crippen LogP contribution in [0.3, 0.4) is 0 Å². The number of hydrazine groups is 1. The Hall–Kier alpha value is -3.86. The SMILES string of the molecule is CCOC(=O)c1ccc(NC(=O)C[C@@H]2C(=O)N(CC)C(=S)N2NC(=O)c2cccnc2)cc1. The quantitative estimate of drug-likeness (QED) is 0.443. The molecule has 3 amide bonds. The van der Waals surface area contributed by atoms with E-state index in [1.54, 1.807) is 38.1 Å². The van der Waals surface area contributed by atoms with Crippen molar-refractivity contribution in [2.45, 2.75) is 26.3 Å². The molecule has 11 heteroatoms. The zero-order valence-electron chi connectivity index (χ0n) is 18.1. The minimum absolute atomic E-state index is 0.108. The molecule has 0 radical (unpaired) electrons. The summed E-state index contributed by atoms with van der Waals surface area (Å²) in [6.07, 6.45) is 2.67. The molecule has 2 N–H and O–H groups in total. The van der Waals surface area contributed by atoms with Crippen LogP contribution in [0.25, 0.3) is 0 Å². The van der Waals surface area contributed by atoms with Gasteiger partial charge >= 0.3 is 5.97 Å². The first-order valence-electron chi connectivity index (χ1n) is 10.3. The molecular weight excluding hydrogens is 446 g/mol. The number of aromatic nitrogens is 1. The molecule has 0 bridgehead atoms. The molecule has 1 aliphatic heterocycles. The van der Waals surface area contributed by atoms with Crippen molar-refractivity contribution < 1.29 is 23.9 Å². The number of carbonyl (C=O) groups excluding carboxylic acids is 4. The summed E-state index contributed by atoms with van der Waals surface area (Å²) >= 11 is 5.35. The number of hydrogen-bond donors (Lipinski definition) is 2. The van der Waals surface area contributed by atoms with Gasteiger partial charge in [0.25, 0.3) is 11.8 Å².